The third-order valence-corrected chi connectivity index (χ3v) is 3.99. The van der Waals surface area contributed by atoms with Crippen molar-refractivity contribution in [3.8, 4) is 5.75 Å². The summed E-state index contributed by atoms with van der Waals surface area (Å²) < 4.78 is 0. The summed E-state index contributed by atoms with van der Waals surface area (Å²) in [5.41, 5.74) is 2.39. The molecule has 0 aliphatic carbocycles. The molecule has 1 rings (SSSR count). The Labute approximate surface area is 131 Å². The number of phenols is 1. The molecule has 0 saturated heterocycles. The summed E-state index contributed by atoms with van der Waals surface area (Å²) in [6, 6.07) is 6.08. The molecule has 120 valence electrons. The lowest BCUT2D eigenvalue weighted by Crippen LogP contribution is -2.14. The van der Waals surface area contributed by atoms with Gasteiger partial charge >= 0.3 is 0 Å². The van der Waals surface area contributed by atoms with E-state index in [2.05, 4.69) is 31.3 Å². The first-order chi connectivity index (χ1) is 10.3. The van der Waals surface area contributed by atoms with E-state index in [1.165, 1.54) is 56.9 Å². The third-order valence-electron chi connectivity index (χ3n) is 3.99. The molecule has 0 aromatic heterocycles. The molecule has 0 amide bonds. The zero-order chi connectivity index (χ0) is 15.3. The molecule has 0 fully saturated rings. The molecule has 2 heteroatoms. The Hall–Kier alpha value is -1.02. The molecule has 0 radical (unpaired) electrons. The Kier molecular flexibility index (Phi) is 9.98. The number of aryl methyl sites for hydroxylation is 1. The van der Waals surface area contributed by atoms with Crippen molar-refractivity contribution in [2.24, 2.45) is 0 Å². The van der Waals surface area contributed by atoms with E-state index in [1.807, 2.05) is 6.07 Å². The maximum Gasteiger partial charge on any atom is 0.120 e. The second-order valence-corrected chi connectivity index (χ2v) is 6.01. The lowest BCUT2D eigenvalue weighted by Gasteiger charge is -2.09. The fourth-order valence-electron chi connectivity index (χ4n) is 2.57. The Morgan fingerprint density at radius 1 is 0.905 bits per heavy atom. The minimum Gasteiger partial charge on any atom is -0.508 e. The quantitative estimate of drug-likeness (QED) is 0.520. The van der Waals surface area contributed by atoms with Gasteiger partial charge < -0.3 is 10.4 Å². The van der Waals surface area contributed by atoms with E-state index in [0.717, 1.165) is 25.1 Å². The maximum absolute atomic E-state index is 9.92. The Balaban J connectivity index is 2.31. The van der Waals surface area contributed by atoms with Gasteiger partial charge in [-0.05, 0) is 37.4 Å². The molecule has 0 unspecified atom stereocenters. The van der Waals surface area contributed by atoms with Crippen molar-refractivity contribution in [1.82, 2.24) is 5.32 Å². The predicted molar refractivity (Wildman–Crippen MR) is 91.8 cm³/mol. The minimum atomic E-state index is 0.422. The topological polar surface area (TPSA) is 32.3 Å². The van der Waals surface area contributed by atoms with E-state index < -0.39 is 0 Å². The van der Waals surface area contributed by atoms with Crippen LogP contribution in [0.1, 0.15) is 76.3 Å². The van der Waals surface area contributed by atoms with E-state index in [0.29, 0.717) is 5.75 Å². The molecule has 2 nitrogen and oxygen atoms in total. The highest BCUT2D eigenvalue weighted by atomic mass is 16.3. The summed E-state index contributed by atoms with van der Waals surface area (Å²) in [5.74, 6) is 0.422. The van der Waals surface area contributed by atoms with Gasteiger partial charge in [0.25, 0.3) is 0 Å². The number of hydrogen-bond donors (Lipinski definition) is 2. The predicted octanol–water partition coefficient (Wildman–Crippen LogP) is 5.18. The molecule has 0 atom stereocenters. The van der Waals surface area contributed by atoms with Crippen molar-refractivity contribution in [3.05, 3.63) is 29.3 Å². The van der Waals surface area contributed by atoms with Gasteiger partial charge in [-0.3, -0.25) is 0 Å². The molecular formula is C19H33NO. The van der Waals surface area contributed by atoms with Crippen LogP contribution in [0, 0.1) is 0 Å². The van der Waals surface area contributed by atoms with Gasteiger partial charge in [-0.15, -0.1) is 0 Å². The van der Waals surface area contributed by atoms with Gasteiger partial charge in [0.1, 0.15) is 5.75 Å². The summed E-state index contributed by atoms with van der Waals surface area (Å²) in [5, 5.41) is 13.3. The first-order valence-corrected chi connectivity index (χ1v) is 8.79. The number of nitrogens with one attached hydrogen (secondary N) is 1. The Morgan fingerprint density at radius 3 is 2.38 bits per heavy atom. The largest absolute Gasteiger partial charge is 0.508 e. The van der Waals surface area contributed by atoms with Gasteiger partial charge in [-0.25, -0.2) is 0 Å². The van der Waals surface area contributed by atoms with Crippen LogP contribution in [0.2, 0.25) is 0 Å². The average Bonchev–Trinajstić information content (AvgIpc) is 2.50. The van der Waals surface area contributed by atoms with Gasteiger partial charge in [0.05, 0.1) is 0 Å². The van der Waals surface area contributed by atoms with Gasteiger partial charge in [-0.1, -0.05) is 64.5 Å². The summed E-state index contributed by atoms with van der Waals surface area (Å²) in [6.45, 7) is 6.25. The number of unbranched alkanes of at least 4 members (excludes halogenated alkanes) is 6. The van der Waals surface area contributed by atoms with Crippen LogP contribution in [-0.4, -0.2) is 11.7 Å². The summed E-state index contributed by atoms with van der Waals surface area (Å²) in [4.78, 5) is 0. The van der Waals surface area contributed by atoms with Crippen molar-refractivity contribution < 1.29 is 5.11 Å². The summed E-state index contributed by atoms with van der Waals surface area (Å²) >= 11 is 0. The molecule has 0 aliphatic rings. The van der Waals surface area contributed by atoms with E-state index >= 15 is 0 Å². The average molecular weight is 291 g/mol. The smallest absolute Gasteiger partial charge is 0.120 e. The number of aromatic hydroxyl groups is 1. The second-order valence-electron chi connectivity index (χ2n) is 6.01. The zero-order valence-electron chi connectivity index (χ0n) is 14.0. The molecule has 2 N–H and O–H groups in total. The Morgan fingerprint density at radius 2 is 1.62 bits per heavy atom. The van der Waals surface area contributed by atoms with Crippen LogP contribution in [0.3, 0.4) is 0 Å². The summed E-state index contributed by atoms with van der Waals surface area (Å²) in [6.07, 6.45) is 11.5. The van der Waals surface area contributed by atoms with Crippen molar-refractivity contribution in [1.29, 1.82) is 0 Å². The molecule has 0 heterocycles. The lowest BCUT2D eigenvalue weighted by atomic mass is 10.0. The van der Waals surface area contributed by atoms with Gasteiger partial charge in [0.15, 0.2) is 0 Å². The van der Waals surface area contributed by atoms with Crippen LogP contribution in [0.15, 0.2) is 18.2 Å². The fourth-order valence-corrected chi connectivity index (χ4v) is 2.57. The summed E-state index contributed by atoms with van der Waals surface area (Å²) in [7, 11) is 0. The lowest BCUT2D eigenvalue weighted by molar-refractivity contribution is 0.463. The first kappa shape index (κ1) is 18.0. The van der Waals surface area contributed by atoms with Crippen LogP contribution in [-0.2, 0) is 13.0 Å². The number of benzene rings is 1. The van der Waals surface area contributed by atoms with Crippen LogP contribution in [0.4, 0.5) is 0 Å². The van der Waals surface area contributed by atoms with Crippen molar-refractivity contribution in [2.75, 3.05) is 6.54 Å². The molecule has 21 heavy (non-hydrogen) atoms. The van der Waals surface area contributed by atoms with Crippen molar-refractivity contribution in [2.45, 2.75) is 78.2 Å². The number of rotatable bonds is 12. The van der Waals surface area contributed by atoms with Crippen molar-refractivity contribution in [3.63, 3.8) is 0 Å². The highest BCUT2D eigenvalue weighted by molar-refractivity contribution is 5.36. The molecule has 0 saturated carbocycles. The van der Waals surface area contributed by atoms with Gasteiger partial charge in [-0.2, -0.15) is 0 Å². The molecule has 1 aromatic rings. The monoisotopic (exact) mass is 291 g/mol. The fraction of sp³-hybridized carbons (Fsp3) is 0.684. The second kappa shape index (κ2) is 11.6. The van der Waals surface area contributed by atoms with Crippen LogP contribution in [0.5, 0.6) is 5.75 Å². The van der Waals surface area contributed by atoms with Crippen LogP contribution < -0.4 is 5.32 Å². The van der Waals surface area contributed by atoms with E-state index in [9.17, 15) is 5.11 Å². The normalized spacial score (nSPS) is 11.0. The van der Waals surface area contributed by atoms with Gasteiger partial charge in [0, 0.05) is 12.1 Å². The van der Waals surface area contributed by atoms with Gasteiger partial charge in [0.2, 0.25) is 0 Å². The van der Waals surface area contributed by atoms with Crippen molar-refractivity contribution >= 4 is 0 Å². The SMILES string of the molecule is CCCCCCCCc1ccc(O)c(CNCCCC)c1. The van der Waals surface area contributed by atoms with Crippen LogP contribution >= 0.6 is 0 Å². The molecule has 0 aliphatic heterocycles. The Bertz CT molecular complexity index is 376. The van der Waals surface area contributed by atoms with E-state index in [1.54, 1.807) is 0 Å². The number of hydrogen-bond acceptors (Lipinski definition) is 2. The van der Waals surface area contributed by atoms with Crippen LogP contribution in [0.25, 0.3) is 0 Å². The third kappa shape index (κ3) is 8.11. The molecular weight excluding hydrogens is 258 g/mol. The first-order valence-electron chi connectivity index (χ1n) is 8.79. The zero-order valence-corrected chi connectivity index (χ0v) is 14.0. The minimum absolute atomic E-state index is 0.422. The number of phenolic OH excluding ortho intramolecular Hbond substituents is 1. The highest BCUT2D eigenvalue weighted by Gasteiger charge is 2.03. The molecule has 0 bridgehead atoms. The van der Waals surface area contributed by atoms with E-state index in [-0.39, 0.29) is 0 Å². The van der Waals surface area contributed by atoms with E-state index in [4.69, 9.17) is 0 Å². The molecule has 1 aromatic carbocycles. The highest BCUT2D eigenvalue weighted by Crippen LogP contribution is 2.20. The maximum atomic E-state index is 9.92. The molecule has 0 spiro atoms. The standard InChI is InChI=1S/C19H33NO/c1-3-5-7-8-9-10-11-17-12-13-19(21)18(15-17)16-20-14-6-4-2/h12-13,15,20-21H,3-11,14,16H2,1-2H3.